The normalized spacial score (nSPS) is 13.5. The number of carbonyl (C=O) groups is 1. The monoisotopic (exact) mass is 576 g/mol. The van der Waals surface area contributed by atoms with Crippen LogP contribution in [0.1, 0.15) is 56.0 Å². The first-order valence-corrected chi connectivity index (χ1v) is 15.6. The molecule has 1 N–H and O–H groups in total. The molecule has 0 aliphatic carbocycles. The number of benzene rings is 3. The third-order valence-electron chi connectivity index (χ3n) is 6.81. The van der Waals surface area contributed by atoms with Crippen LogP contribution in [0.5, 0.6) is 0 Å². The van der Waals surface area contributed by atoms with Crippen LogP contribution in [0, 0.1) is 13.8 Å². The Hall–Kier alpha value is -3.69. The minimum Gasteiger partial charge on any atom is -0.442 e. The van der Waals surface area contributed by atoms with Crippen LogP contribution in [0.2, 0.25) is 0 Å². The van der Waals surface area contributed by atoms with Gasteiger partial charge in [0.05, 0.1) is 29.4 Å². The largest absolute Gasteiger partial charge is 0.442 e. The van der Waals surface area contributed by atoms with Crippen LogP contribution in [0.4, 0.5) is 4.79 Å². The van der Waals surface area contributed by atoms with Crippen LogP contribution in [-0.4, -0.2) is 41.5 Å². The van der Waals surface area contributed by atoms with E-state index in [0.29, 0.717) is 18.6 Å². The van der Waals surface area contributed by atoms with Gasteiger partial charge < -0.3 is 13.9 Å². The number of hydrogen-bond acceptors (Lipinski definition) is 4. The van der Waals surface area contributed by atoms with Crippen LogP contribution >= 0.6 is 0 Å². The fraction of sp³-hybridized carbons (Fsp3) is 0.375. The zero-order valence-corrected chi connectivity index (χ0v) is 25.5. The van der Waals surface area contributed by atoms with Crippen LogP contribution in [0.25, 0.3) is 11.0 Å². The number of aryl methyl sites for hydroxylation is 2. The van der Waals surface area contributed by atoms with Gasteiger partial charge in [0.15, 0.2) is 0 Å². The molecule has 0 bridgehead atoms. The summed E-state index contributed by atoms with van der Waals surface area (Å²) in [6.45, 7) is 11.7. The zero-order chi connectivity index (χ0) is 29.8. The van der Waals surface area contributed by atoms with Gasteiger partial charge in [-0.3, -0.25) is 0 Å². The van der Waals surface area contributed by atoms with Gasteiger partial charge in [0.2, 0.25) is 15.6 Å². The van der Waals surface area contributed by atoms with Gasteiger partial charge in [-0.1, -0.05) is 71.8 Å². The minimum atomic E-state index is -3.47. The minimum absolute atomic E-state index is 0.0285. The van der Waals surface area contributed by atoms with Crippen molar-refractivity contribution in [3.63, 3.8) is 0 Å². The molecule has 218 valence electrons. The Kier molecular flexibility index (Phi) is 9.19. The second-order valence-electron chi connectivity index (χ2n) is 11.4. The molecular formula is C32H40N4O4S. The molecule has 4 rings (SSSR count). The number of fused-ring (bicyclic) bond motifs is 1. The van der Waals surface area contributed by atoms with E-state index in [-0.39, 0.29) is 18.3 Å². The Labute approximate surface area is 242 Å². The summed E-state index contributed by atoms with van der Waals surface area (Å²) in [4.78, 5) is 17.7. The first-order chi connectivity index (χ1) is 19.3. The average Bonchev–Trinajstić information content (AvgIpc) is 3.20. The number of rotatable bonds is 9. The molecule has 41 heavy (non-hydrogen) atoms. The molecule has 1 aromatic heterocycles. The van der Waals surface area contributed by atoms with Crippen molar-refractivity contribution in [1.82, 2.24) is 13.9 Å². The lowest BCUT2D eigenvalue weighted by molar-refractivity contribution is 0.0593. The maximum atomic E-state index is 13.2. The maximum absolute atomic E-state index is 13.2. The molecule has 9 heteroatoms. The molecule has 0 aliphatic rings. The van der Waals surface area contributed by atoms with Gasteiger partial charge in [0.1, 0.15) is 5.60 Å². The highest BCUT2D eigenvalue weighted by molar-refractivity contribution is 7.89. The smallest absolute Gasteiger partial charge is 0.437 e. The zero-order valence-electron chi connectivity index (χ0n) is 24.7. The van der Waals surface area contributed by atoms with Crippen molar-refractivity contribution in [3.8, 4) is 0 Å². The Morgan fingerprint density at radius 3 is 2.02 bits per heavy atom. The SMILES string of the molecule is CCS(=O)(=O)NCC(Cc1ccc(C)cc1)n1/c(=N/C(=O)OC(C)(C)C)n(Cc2ccc(C)cc2)c2ccccc21. The summed E-state index contributed by atoms with van der Waals surface area (Å²) in [5.41, 5.74) is 5.78. The van der Waals surface area contributed by atoms with E-state index >= 15 is 0 Å². The van der Waals surface area contributed by atoms with Crippen molar-refractivity contribution in [2.24, 2.45) is 4.99 Å². The lowest BCUT2D eigenvalue weighted by atomic mass is 10.0. The Morgan fingerprint density at radius 1 is 0.902 bits per heavy atom. The molecule has 1 amide bonds. The molecule has 0 saturated heterocycles. The molecule has 8 nitrogen and oxygen atoms in total. The lowest BCUT2D eigenvalue weighted by Crippen LogP contribution is -2.38. The van der Waals surface area contributed by atoms with Crippen LogP contribution in [0.3, 0.4) is 0 Å². The number of imidazole rings is 1. The van der Waals surface area contributed by atoms with Gasteiger partial charge in [0.25, 0.3) is 0 Å². The number of nitrogens with one attached hydrogen (secondary N) is 1. The third kappa shape index (κ3) is 7.95. The molecule has 0 radical (unpaired) electrons. The second kappa shape index (κ2) is 12.4. The number of para-hydroxylation sites is 2. The number of amides is 1. The fourth-order valence-corrected chi connectivity index (χ4v) is 5.34. The quantitative estimate of drug-likeness (QED) is 0.278. The highest BCUT2D eigenvalue weighted by atomic mass is 32.2. The highest BCUT2D eigenvalue weighted by Crippen LogP contribution is 2.22. The maximum Gasteiger partial charge on any atom is 0.437 e. The number of hydrogen-bond donors (Lipinski definition) is 1. The van der Waals surface area contributed by atoms with Crippen molar-refractivity contribution in [1.29, 1.82) is 0 Å². The summed E-state index contributed by atoms with van der Waals surface area (Å²) in [5.74, 6) is -0.0285. The van der Waals surface area contributed by atoms with E-state index in [9.17, 15) is 13.2 Å². The standard InChI is InChI=1S/C32H40N4O4S/c1-7-41(38,39)33-21-27(20-25-16-12-23(2)13-17-25)36-29-11-9-8-10-28(29)35(22-26-18-14-24(3)15-19-26)30(36)34-31(37)40-32(4,5)6/h8-19,27,33H,7,20-22H2,1-6H3/b34-30+. The van der Waals surface area contributed by atoms with Crippen molar-refractivity contribution in [2.75, 3.05) is 12.3 Å². The molecule has 4 aromatic rings. The van der Waals surface area contributed by atoms with Gasteiger partial charge >= 0.3 is 6.09 Å². The van der Waals surface area contributed by atoms with E-state index in [0.717, 1.165) is 33.3 Å². The predicted octanol–water partition coefficient (Wildman–Crippen LogP) is 5.67. The van der Waals surface area contributed by atoms with E-state index in [2.05, 4.69) is 34.0 Å². The number of ether oxygens (including phenoxy) is 1. The molecule has 3 aromatic carbocycles. The molecule has 1 atom stereocenters. The predicted molar refractivity (Wildman–Crippen MR) is 163 cm³/mol. The first kappa shape index (κ1) is 30.3. The van der Waals surface area contributed by atoms with Crippen LogP contribution < -0.4 is 10.3 Å². The number of nitrogens with zero attached hydrogens (tertiary/aromatic N) is 3. The molecule has 0 saturated carbocycles. The van der Waals surface area contributed by atoms with Crippen molar-refractivity contribution < 1.29 is 17.9 Å². The number of carbonyl (C=O) groups excluding carboxylic acids is 1. The molecule has 0 aliphatic heterocycles. The summed E-state index contributed by atoms with van der Waals surface area (Å²) >= 11 is 0. The molecule has 1 unspecified atom stereocenters. The lowest BCUT2D eigenvalue weighted by Gasteiger charge is -2.21. The van der Waals surface area contributed by atoms with E-state index in [1.807, 2.05) is 71.5 Å². The summed E-state index contributed by atoms with van der Waals surface area (Å²) in [6.07, 6.45) is -0.186. The topological polar surface area (TPSA) is 94.7 Å². The Morgan fingerprint density at radius 2 is 1.46 bits per heavy atom. The summed E-state index contributed by atoms with van der Waals surface area (Å²) in [5, 5.41) is 0. The van der Waals surface area contributed by atoms with Crippen LogP contribution in [0.15, 0.2) is 77.8 Å². The molecular weight excluding hydrogens is 536 g/mol. The fourth-order valence-electron chi connectivity index (χ4n) is 4.69. The van der Waals surface area contributed by atoms with Crippen LogP contribution in [-0.2, 0) is 27.7 Å². The Balaban J connectivity index is 1.96. The van der Waals surface area contributed by atoms with E-state index in [4.69, 9.17) is 4.74 Å². The summed E-state index contributed by atoms with van der Waals surface area (Å²) in [6, 6.07) is 23.9. The summed E-state index contributed by atoms with van der Waals surface area (Å²) in [7, 11) is -3.47. The molecule has 0 fully saturated rings. The van der Waals surface area contributed by atoms with Crippen molar-refractivity contribution in [3.05, 3.63) is 101 Å². The van der Waals surface area contributed by atoms with Gasteiger partial charge in [-0.15, -0.1) is 4.99 Å². The van der Waals surface area contributed by atoms with E-state index < -0.39 is 21.7 Å². The summed E-state index contributed by atoms with van der Waals surface area (Å²) < 4.78 is 37.5. The second-order valence-corrected chi connectivity index (χ2v) is 13.5. The Bertz CT molecular complexity index is 1680. The number of aromatic nitrogens is 2. The van der Waals surface area contributed by atoms with Gasteiger partial charge in [-0.05, 0) is 71.2 Å². The van der Waals surface area contributed by atoms with Crippen molar-refractivity contribution in [2.45, 2.75) is 66.2 Å². The average molecular weight is 577 g/mol. The number of sulfonamides is 1. The van der Waals surface area contributed by atoms with E-state index in [1.165, 1.54) is 0 Å². The molecule has 1 heterocycles. The van der Waals surface area contributed by atoms with Gasteiger partial charge in [-0.2, -0.15) is 0 Å². The van der Waals surface area contributed by atoms with Gasteiger partial charge in [-0.25, -0.2) is 17.9 Å². The highest BCUT2D eigenvalue weighted by Gasteiger charge is 2.24. The van der Waals surface area contributed by atoms with E-state index in [1.54, 1.807) is 27.7 Å². The van der Waals surface area contributed by atoms with Crippen molar-refractivity contribution >= 4 is 27.1 Å². The third-order valence-corrected chi connectivity index (χ3v) is 8.18. The first-order valence-electron chi connectivity index (χ1n) is 13.9. The molecule has 0 spiro atoms. The van der Waals surface area contributed by atoms with Gasteiger partial charge in [0, 0.05) is 6.54 Å².